The summed E-state index contributed by atoms with van der Waals surface area (Å²) in [7, 11) is 0. The van der Waals surface area contributed by atoms with Gasteiger partial charge in [0, 0.05) is 31.0 Å². The standard InChI is InChI=1S/C15H23N3O/c1-12-14-8-5-9-17(14)10-11-18(12)15(19)16-13-6-3-2-4-7-13/h5,8-9,12-13H,2-4,6-7,10-11H2,1H3,(H,16,19). The Hall–Kier alpha value is -1.45. The lowest BCUT2D eigenvalue weighted by atomic mass is 9.96. The van der Waals surface area contributed by atoms with Gasteiger partial charge in [0.05, 0.1) is 6.04 Å². The molecule has 2 heterocycles. The van der Waals surface area contributed by atoms with Gasteiger partial charge in [0.15, 0.2) is 0 Å². The van der Waals surface area contributed by atoms with Crippen LogP contribution in [0.3, 0.4) is 0 Å². The predicted octanol–water partition coefficient (Wildman–Crippen LogP) is 2.91. The molecule has 1 atom stereocenters. The molecule has 1 aliphatic carbocycles. The van der Waals surface area contributed by atoms with Crippen LogP contribution in [-0.2, 0) is 6.54 Å². The van der Waals surface area contributed by atoms with Crippen LogP contribution in [0, 0.1) is 0 Å². The van der Waals surface area contributed by atoms with E-state index in [9.17, 15) is 4.79 Å². The van der Waals surface area contributed by atoms with Gasteiger partial charge in [0.2, 0.25) is 0 Å². The van der Waals surface area contributed by atoms with Crippen molar-refractivity contribution in [2.45, 2.75) is 57.7 Å². The topological polar surface area (TPSA) is 37.3 Å². The first-order chi connectivity index (χ1) is 9.25. The van der Waals surface area contributed by atoms with Crippen molar-refractivity contribution in [3.63, 3.8) is 0 Å². The Balaban J connectivity index is 1.64. The molecule has 1 aliphatic heterocycles. The Bertz CT molecular complexity index is 448. The maximum absolute atomic E-state index is 12.4. The van der Waals surface area contributed by atoms with Gasteiger partial charge in [-0.2, -0.15) is 0 Å². The average Bonchev–Trinajstić information content (AvgIpc) is 2.89. The molecule has 4 heteroatoms. The summed E-state index contributed by atoms with van der Waals surface area (Å²) >= 11 is 0. The van der Waals surface area contributed by atoms with Gasteiger partial charge in [-0.3, -0.25) is 0 Å². The highest BCUT2D eigenvalue weighted by Crippen LogP contribution is 2.26. The molecule has 4 nitrogen and oxygen atoms in total. The predicted molar refractivity (Wildman–Crippen MR) is 75.0 cm³/mol. The van der Waals surface area contributed by atoms with Crippen molar-refractivity contribution in [2.24, 2.45) is 0 Å². The molecule has 3 rings (SSSR count). The van der Waals surface area contributed by atoms with Gasteiger partial charge >= 0.3 is 6.03 Å². The minimum absolute atomic E-state index is 0.117. The SMILES string of the molecule is CC1c2cccn2CCN1C(=O)NC1CCCCC1. The van der Waals surface area contributed by atoms with E-state index in [2.05, 4.69) is 35.1 Å². The second-order valence-electron chi connectivity index (χ2n) is 5.78. The Morgan fingerprint density at radius 3 is 2.84 bits per heavy atom. The molecule has 104 valence electrons. The van der Waals surface area contributed by atoms with Crippen LogP contribution in [0.4, 0.5) is 4.79 Å². The maximum atomic E-state index is 12.4. The van der Waals surface area contributed by atoms with Crippen LogP contribution in [0.15, 0.2) is 18.3 Å². The summed E-state index contributed by atoms with van der Waals surface area (Å²) in [6, 6.07) is 4.86. The lowest BCUT2D eigenvalue weighted by Gasteiger charge is -2.36. The maximum Gasteiger partial charge on any atom is 0.318 e. The smallest absolute Gasteiger partial charge is 0.318 e. The van der Waals surface area contributed by atoms with Gasteiger partial charge in [-0.15, -0.1) is 0 Å². The zero-order valence-electron chi connectivity index (χ0n) is 11.6. The van der Waals surface area contributed by atoms with E-state index in [0.29, 0.717) is 6.04 Å². The van der Waals surface area contributed by atoms with E-state index >= 15 is 0 Å². The molecule has 1 aromatic heterocycles. The quantitative estimate of drug-likeness (QED) is 0.829. The van der Waals surface area contributed by atoms with Gasteiger partial charge in [-0.25, -0.2) is 4.79 Å². The number of rotatable bonds is 1. The average molecular weight is 261 g/mol. The monoisotopic (exact) mass is 261 g/mol. The number of fused-ring (bicyclic) bond motifs is 1. The number of hydrogen-bond donors (Lipinski definition) is 1. The molecule has 1 saturated carbocycles. The number of hydrogen-bond acceptors (Lipinski definition) is 1. The second-order valence-corrected chi connectivity index (χ2v) is 5.78. The molecule has 2 amide bonds. The third-order valence-corrected chi connectivity index (χ3v) is 4.54. The van der Waals surface area contributed by atoms with Gasteiger partial charge < -0.3 is 14.8 Å². The summed E-state index contributed by atoms with van der Waals surface area (Å²) in [6.45, 7) is 3.83. The largest absolute Gasteiger partial charge is 0.348 e. The summed E-state index contributed by atoms with van der Waals surface area (Å²) < 4.78 is 2.25. The van der Waals surface area contributed by atoms with Crippen molar-refractivity contribution in [1.29, 1.82) is 0 Å². The third-order valence-electron chi connectivity index (χ3n) is 4.54. The lowest BCUT2D eigenvalue weighted by Crippen LogP contribution is -2.49. The number of nitrogens with zero attached hydrogens (tertiary/aromatic N) is 2. The molecule has 0 saturated heterocycles. The molecule has 0 radical (unpaired) electrons. The summed E-state index contributed by atoms with van der Waals surface area (Å²) in [5, 5.41) is 3.22. The van der Waals surface area contributed by atoms with Crippen LogP contribution in [-0.4, -0.2) is 28.1 Å². The van der Waals surface area contributed by atoms with E-state index in [1.807, 2.05) is 4.90 Å². The molecular formula is C15H23N3O. The molecule has 0 aromatic carbocycles. The summed E-state index contributed by atoms with van der Waals surface area (Å²) in [5.74, 6) is 0. The number of nitrogens with one attached hydrogen (secondary N) is 1. The van der Waals surface area contributed by atoms with Crippen LogP contribution < -0.4 is 5.32 Å². The van der Waals surface area contributed by atoms with E-state index in [-0.39, 0.29) is 12.1 Å². The van der Waals surface area contributed by atoms with E-state index in [4.69, 9.17) is 0 Å². The summed E-state index contributed by atoms with van der Waals surface area (Å²) in [5.41, 5.74) is 1.24. The first-order valence-electron chi connectivity index (χ1n) is 7.48. The van der Waals surface area contributed by atoms with E-state index in [1.165, 1.54) is 25.0 Å². The Morgan fingerprint density at radius 1 is 1.26 bits per heavy atom. The molecule has 0 spiro atoms. The zero-order valence-corrected chi connectivity index (χ0v) is 11.6. The zero-order chi connectivity index (χ0) is 13.2. The van der Waals surface area contributed by atoms with Crippen LogP contribution in [0.1, 0.15) is 50.8 Å². The fourth-order valence-electron chi connectivity index (χ4n) is 3.36. The molecule has 0 bridgehead atoms. The van der Waals surface area contributed by atoms with Crippen LogP contribution >= 0.6 is 0 Å². The highest BCUT2D eigenvalue weighted by molar-refractivity contribution is 5.75. The number of amides is 2. The number of carbonyl (C=O) groups excluding carboxylic acids is 1. The van der Waals surface area contributed by atoms with E-state index < -0.39 is 0 Å². The molecule has 19 heavy (non-hydrogen) atoms. The van der Waals surface area contributed by atoms with Gasteiger partial charge in [-0.05, 0) is 31.9 Å². The minimum Gasteiger partial charge on any atom is -0.348 e. The highest BCUT2D eigenvalue weighted by Gasteiger charge is 2.28. The van der Waals surface area contributed by atoms with Crippen LogP contribution in [0.5, 0.6) is 0 Å². The molecule has 1 fully saturated rings. The first-order valence-corrected chi connectivity index (χ1v) is 7.48. The van der Waals surface area contributed by atoms with Crippen LogP contribution in [0.2, 0.25) is 0 Å². The van der Waals surface area contributed by atoms with Gasteiger partial charge in [-0.1, -0.05) is 19.3 Å². The number of aromatic nitrogens is 1. The highest BCUT2D eigenvalue weighted by atomic mass is 16.2. The van der Waals surface area contributed by atoms with E-state index in [0.717, 1.165) is 25.9 Å². The fourth-order valence-corrected chi connectivity index (χ4v) is 3.36. The number of urea groups is 1. The van der Waals surface area contributed by atoms with Crippen molar-refractivity contribution in [3.8, 4) is 0 Å². The van der Waals surface area contributed by atoms with Crippen molar-refractivity contribution >= 4 is 6.03 Å². The molecule has 1 N–H and O–H groups in total. The Morgan fingerprint density at radius 2 is 2.05 bits per heavy atom. The van der Waals surface area contributed by atoms with Crippen LogP contribution in [0.25, 0.3) is 0 Å². The van der Waals surface area contributed by atoms with Crippen molar-refractivity contribution in [3.05, 3.63) is 24.0 Å². The first kappa shape index (κ1) is 12.6. The number of carbonyl (C=O) groups is 1. The van der Waals surface area contributed by atoms with Gasteiger partial charge in [0.1, 0.15) is 0 Å². The van der Waals surface area contributed by atoms with Crippen molar-refractivity contribution in [2.75, 3.05) is 6.54 Å². The molecule has 2 aliphatic rings. The second kappa shape index (κ2) is 5.27. The van der Waals surface area contributed by atoms with Crippen molar-refractivity contribution < 1.29 is 4.79 Å². The molecule has 1 unspecified atom stereocenters. The molecule has 1 aromatic rings. The lowest BCUT2D eigenvalue weighted by molar-refractivity contribution is 0.156. The van der Waals surface area contributed by atoms with Crippen molar-refractivity contribution in [1.82, 2.24) is 14.8 Å². The minimum atomic E-state index is 0.117. The van der Waals surface area contributed by atoms with Gasteiger partial charge in [0.25, 0.3) is 0 Å². The third kappa shape index (κ3) is 2.48. The van der Waals surface area contributed by atoms with E-state index in [1.54, 1.807) is 0 Å². The molecular weight excluding hydrogens is 238 g/mol. The summed E-state index contributed by atoms with van der Waals surface area (Å²) in [6.07, 6.45) is 8.21. The Kier molecular flexibility index (Phi) is 3.49. The fraction of sp³-hybridized carbons (Fsp3) is 0.667. The normalized spacial score (nSPS) is 24.1. The Labute approximate surface area is 114 Å². The summed E-state index contributed by atoms with van der Waals surface area (Å²) in [4.78, 5) is 14.4.